The average Bonchev–Trinajstić information content (AvgIpc) is 2.93. The third-order valence-corrected chi connectivity index (χ3v) is 4.31. The van der Waals surface area contributed by atoms with E-state index in [1.807, 2.05) is 19.2 Å². The third-order valence-electron chi connectivity index (χ3n) is 4.07. The minimum atomic E-state index is 0.252. The lowest BCUT2D eigenvalue weighted by Crippen LogP contribution is -2.20. The van der Waals surface area contributed by atoms with E-state index in [4.69, 9.17) is 16.7 Å². The van der Waals surface area contributed by atoms with Gasteiger partial charge in [-0.05, 0) is 56.6 Å². The molecule has 1 N–H and O–H groups in total. The molecule has 1 aromatic carbocycles. The average molecular weight is 306 g/mol. The first-order valence-corrected chi connectivity index (χ1v) is 7.90. The molecule has 4 heteroatoms. The molecule has 0 fully saturated rings. The Bertz CT molecular complexity index is 591. The minimum absolute atomic E-state index is 0.252. The molecule has 2 rings (SSSR count). The molecule has 1 heterocycles. The number of nitrogens with zero attached hydrogens (tertiary/aromatic N) is 2. The van der Waals surface area contributed by atoms with Crippen molar-refractivity contribution in [2.45, 2.75) is 45.7 Å². The molecule has 0 radical (unpaired) electrons. The molecule has 1 aromatic heterocycles. The van der Waals surface area contributed by atoms with E-state index in [9.17, 15) is 0 Å². The number of rotatable bonds is 6. The predicted octanol–water partition coefficient (Wildman–Crippen LogP) is 4.32. The van der Waals surface area contributed by atoms with Crippen molar-refractivity contribution >= 4 is 11.6 Å². The second-order valence-corrected chi connectivity index (χ2v) is 6.03. The molecule has 3 nitrogen and oxygen atoms in total. The molecule has 2 unspecified atom stereocenters. The van der Waals surface area contributed by atoms with Crippen LogP contribution in [0.2, 0.25) is 5.02 Å². The van der Waals surface area contributed by atoms with Crippen molar-refractivity contribution in [1.82, 2.24) is 15.1 Å². The van der Waals surface area contributed by atoms with Gasteiger partial charge >= 0.3 is 0 Å². The zero-order chi connectivity index (χ0) is 15.4. The lowest BCUT2D eigenvalue weighted by Gasteiger charge is -2.18. The Morgan fingerprint density at radius 2 is 2.10 bits per heavy atom. The fourth-order valence-corrected chi connectivity index (χ4v) is 2.75. The number of benzene rings is 1. The number of hydrogen-bond acceptors (Lipinski definition) is 2. The van der Waals surface area contributed by atoms with Crippen LogP contribution in [0.5, 0.6) is 0 Å². The smallest absolute Gasteiger partial charge is 0.0643 e. The highest BCUT2D eigenvalue weighted by Gasteiger charge is 2.15. The molecular formula is C17H24ClN3. The van der Waals surface area contributed by atoms with Gasteiger partial charge in [-0.3, -0.25) is 4.68 Å². The van der Waals surface area contributed by atoms with Gasteiger partial charge in [0.2, 0.25) is 0 Å². The predicted molar refractivity (Wildman–Crippen MR) is 88.9 cm³/mol. The summed E-state index contributed by atoms with van der Waals surface area (Å²) in [6.07, 6.45) is 4.04. The van der Waals surface area contributed by atoms with Gasteiger partial charge in [0, 0.05) is 29.7 Å². The number of halogens is 1. The van der Waals surface area contributed by atoms with Gasteiger partial charge in [0.25, 0.3) is 0 Å². The fourth-order valence-electron chi connectivity index (χ4n) is 2.53. The van der Waals surface area contributed by atoms with Gasteiger partial charge in [-0.25, -0.2) is 0 Å². The largest absolute Gasteiger partial charge is 0.313 e. The maximum absolute atomic E-state index is 6.04. The Morgan fingerprint density at radius 1 is 1.33 bits per heavy atom. The van der Waals surface area contributed by atoms with Crippen molar-refractivity contribution in [1.29, 1.82) is 0 Å². The number of aryl methyl sites for hydroxylation is 1. The summed E-state index contributed by atoms with van der Waals surface area (Å²) in [7, 11) is 1.99. The Morgan fingerprint density at radius 3 is 2.71 bits per heavy atom. The van der Waals surface area contributed by atoms with Crippen molar-refractivity contribution < 1.29 is 0 Å². The Hall–Kier alpha value is -1.32. The summed E-state index contributed by atoms with van der Waals surface area (Å²) < 4.78 is 2.05. The van der Waals surface area contributed by atoms with Gasteiger partial charge in [0.15, 0.2) is 0 Å². The molecule has 2 aromatic rings. The highest BCUT2D eigenvalue weighted by molar-refractivity contribution is 6.30. The summed E-state index contributed by atoms with van der Waals surface area (Å²) in [6.45, 7) is 6.47. The number of aromatic nitrogens is 2. The minimum Gasteiger partial charge on any atom is -0.313 e. The normalized spacial score (nSPS) is 14.1. The maximum Gasteiger partial charge on any atom is 0.0643 e. The van der Waals surface area contributed by atoms with Gasteiger partial charge in [0.05, 0.1) is 5.69 Å². The molecule has 0 saturated heterocycles. The highest BCUT2D eigenvalue weighted by atomic mass is 35.5. The van der Waals surface area contributed by atoms with Crippen molar-refractivity contribution in [3.05, 3.63) is 52.3 Å². The number of likely N-dealkylation sites (N-methyl/N-ethyl adjacent to an activating group) is 1. The highest BCUT2D eigenvalue weighted by Crippen LogP contribution is 2.24. The standard InChI is InChI=1S/C17H24ClN3/c1-5-13(3)21-9-8-15(20-21)11-17(19-4)16-7-6-14(18)10-12(16)2/h6-10,13,17,19H,5,11H2,1-4H3. The van der Waals surface area contributed by atoms with Gasteiger partial charge in [-0.2, -0.15) is 5.10 Å². The van der Waals surface area contributed by atoms with Crippen LogP contribution in [0.25, 0.3) is 0 Å². The second-order valence-electron chi connectivity index (χ2n) is 5.59. The van der Waals surface area contributed by atoms with Crippen molar-refractivity contribution in [2.75, 3.05) is 7.05 Å². The SMILES string of the molecule is CCC(C)n1ccc(CC(NC)c2ccc(Cl)cc2C)n1. The molecule has 114 valence electrons. The van der Waals surface area contributed by atoms with Crippen molar-refractivity contribution in [2.24, 2.45) is 0 Å². The van der Waals surface area contributed by atoms with Crippen LogP contribution in [0.15, 0.2) is 30.5 Å². The summed E-state index contributed by atoms with van der Waals surface area (Å²) in [4.78, 5) is 0. The van der Waals surface area contributed by atoms with E-state index in [1.165, 1.54) is 11.1 Å². The van der Waals surface area contributed by atoms with E-state index >= 15 is 0 Å². The lowest BCUT2D eigenvalue weighted by molar-refractivity contribution is 0.469. The molecule has 0 aliphatic heterocycles. The van der Waals surface area contributed by atoms with Gasteiger partial charge in [-0.1, -0.05) is 24.6 Å². The summed E-state index contributed by atoms with van der Waals surface area (Å²) in [6, 6.07) is 8.88. The second kappa shape index (κ2) is 7.10. The van der Waals surface area contributed by atoms with E-state index in [-0.39, 0.29) is 6.04 Å². The molecule has 21 heavy (non-hydrogen) atoms. The quantitative estimate of drug-likeness (QED) is 0.861. The Kier molecular flexibility index (Phi) is 5.43. The molecule has 0 bridgehead atoms. The molecule has 0 amide bonds. The van der Waals surface area contributed by atoms with Crippen LogP contribution >= 0.6 is 11.6 Å². The lowest BCUT2D eigenvalue weighted by atomic mass is 9.98. The maximum atomic E-state index is 6.04. The first-order valence-electron chi connectivity index (χ1n) is 7.52. The van der Waals surface area contributed by atoms with Gasteiger partial charge in [-0.15, -0.1) is 0 Å². The van der Waals surface area contributed by atoms with E-state index < -0.39 is 0 Å². The monoisotopic (exact) mass is 305 g/mol. The van der Waals surface area contributed by atoms with Crippen molar-refractivity contribution in [3.8, 4) is 0 Å². The van der Waals surface area contributed by atoms with Crippen LogP contribution in [0.4, 0.5) is 0 Å². The third kappa shape index (κ3) is 3.86. The van der Waals surface area contributed by atoms with E-state index in [0.29, 0.717) is 6.04 Å². The van der Waals surface area contributed by atoms with Crippen LogP contribution in [-0.2, 0) is 6.42 Å². The summed E-state index contributed by atoms with van der Waals surface area (Å²) in [5.74, 6) is 0. The number of nitrogens with one attached hydrogen (secondary N) is 1. The van der Waals surface area contributed by atoms with Crippen LogP contribution in [-0.4, -0.2) is 16.8 Å². The zero-order valence-electron chi connectivity index (χ0n) is 13.2. The Labute approximate surface area is 132 Å². The van der Waals surface area contributed by atoms with Gasteiger partial charge < -0.3 is 5.32 Å². The van der Waals surface area contributed by atoms with Crippen LogP contribution < -0.4 is 5.32 Å². The summed E-state index contributed by atoms with van der Waals surface area (Å²) in [5, 5.41) is 8.86. The van der Waals surface area contributed by atoms with Crippen LogP contribution in [0, 0.1) is 6.92 Å². The van der Waals surface area contributed by atoms with E-state index in [2.05, 4.69) is 49.1 Å². The van der Waals surface area contributed by atoms with Crippen molar-refractivity contribution in [3.63, 3.8) is 0 Å². The zero-order valence-corrected chi connectivity index (χ0v) is 14.0. The topological polar surface area (TPSA) is 29.9 Å². The van der Waals surface area contributed by atoms with E-state index in [0.717, 1.165) is 23.6 Å². The summed E-state index contributed by atoms with van der Waals surface area (Å²) in [5.41, 5.74) is 3.60. The van der Waals surface area contributed by atoms with Crippen LogP contribution in [0.3, 0.4) is 0 Å². The molecule has 0 saturated carbocycles. The Balaban J connectivity index is 2.17. The molecule has 0 spiro atoms. The first-order chi connectivity index (χ1) is 10.0. The summed E-state index contributed by atoms with van der Waals surface area (Å²) >= 11 is 6.04. The number of hydrogen-bond donors (Lipinski definition) is 1. The fraction of sp³-hybridized carbons (Fsp3) is 0.471. The first kappa shape index (κ1) is 16.1. The molecule has 0 aliphatic carbocycles. The molecular weight excluding hydrogens is 282 g/mol. The molecule has 2 atom stereocenters. The van der Waals surface area contributed by atoms with Gasteiger partial charge in [0.1, 0.15) is 0 Å². The van der Waals surface area contributed by atoms with E-state index in [1.54, 1.807) is 0 Å². The molecule has 0 aliphatic rings. The van der Waals surface area contributed by atoms with Crippen LogP contribution in [0.1, 0.15) is 49.2 Å².